The Bertz CT molecular complexity index is 1340. The highest BCUT2D eigenvalue weighted by Gasteiger charge is 2.35. The molecule has 2 aromatic heterocycles. The topological polar surface area (TPSA) is 103 Å². The van der Waals surface area contributed by atoms with Crippen LogP contribution in [0.5, 0.6) is 23.3 Å². The fourth-order valence-electron chi connectivity index (χ4n) is 5.17. The minimum absolute atomic E-state index is 0.0633. The van der Waals surface area contributed by atoms with E-state index >= 15 is 0 Å². The van der Waals surface area contributed by atoms with Crippen molar-refractivity contribution in [3.8, 4) is 23.3 Å². The summed E-state index contributed by atoms with van der Waals surface area (Å²) in [6, 6.07) is 6.93. The fraction of sp³-hybridized carbons (Fsp3) is 0.433. The van der Waals surface area contributed by atoms with Crippen molar-refractivity contribution in [2.45, 2.75) is 77.9 Å². The average molecular weight is 518 g/mol. The first kappa shape index (κ1) is 25.8. The van der Waals surface area contributed by atoms with E-state index in [4.69, 9.17) is 14.2 Å². The first-order valence-corrected chi connectivity index (χ1v) is 13.3. The van der Waals surface area contributed by atoms with Crippen LogP contribution in [0.2, 0.25) is 0 Å². The lowest BCUT2D eigenvalue weighted by Crippen LogP contribution is -2.42. The summed E-state index contributed by atoms with van der Waals surface area (Å²) in [7, 11) is 0. The van der Waals surface area contributed by atoms with Crippen molar-refractivity contribution in [2.24, 2.45) is 0 Å². The molecule has 0 spiro atoms. The minimum atomic E-state index is -0.561. The number of amides is 1. The van der Waals surface area contributed by atoms with E-state index in [0.717, 1.165) is 66.5 Å². The van der Waals surface area contributed by atoms with Gasteiger partial charge >= 0.3 is 0 Å². The standard InChI is InChI=1S/C30H35N3O5/c1-18-19(2)27-23(20(3)26(18)34)13-14-30(4,38-27)17-36-25-12-11-24(29(33-25)37-22-9-5-6-10-22)32-28(35)21-8-7-15-31-16-21/h7-8,11-12,15-16,22,34H,5-6,9-10,13-14,17H2,1-4H3,(H,32,35). The Morgan fingerprint density at radius 2 is 1.95 bits per heavy atom. The van der Waals surface area contributed by atoms with E-state index in [-0.39, 0.29) is 12.0 Å². The molecule has 3 aromatic rings. The van der Waals surface area contributed by atoms with Crippen LogP contribution in [0.1, 0.15) is 71.6 Å². The van der Waals surface area contributed by atoms with E-state index in [1.165, 1.54) is 6.20 Å². The van der Waals surface area contributed by atoms with Crippen LogP contribution < -0.4 is 19.5 Å². The van der Waals surface area contributed by atoms with Crippen molar-refractivity contribution < 1.29 is 24.1 Å². The molecule has 1 aliphatic heterocycles. The van der Waals surface area contributed by atoms with E-state index in [1.807, 2.05) is 27.7 Å². The van der Waals surface area contributed by atoms with Crippen molar-refractivity contribution in [3.63, 3.8) is 0 Å². The number of carbonyl (C=O) groups is 1. The number of phenolic OH excluding ortho intramolecular Hbond substituents is 1. The molecule has 0 saturated heterocycles. The summed E-state index contributed by atoms with van der Waals surface area (Å²) in [4.78, 5) is 21.4. The average Bonchev–Trinajstić information content (AvgIpc) is 3.44. The van der Waals surface area contributed by atoms with Crippen LogP contribution in [-0.2, 0) is 6.42 Å². The summed E-state index contributed by atoms with van der Waals surface area (Å²) in [6.07, 6.45) is 8.90. The Balaban J connectivity index is 1.33. The van der Waals surface area contributed by atoms with Gasteiger partial charge in [-0.15, -0.1) is 0 Å². The Kier molecular flexibility index (Phi) is 7.15. The maximum absolute atomic E-state index is 12.8. The predicted molar refractivity (Wildman–Crippen MR) is 144 cm³/mol. The zero-order chi connectivity index (χ0) is 26.9. The SMILES string of the molecule is Cc1c(C)c2c(c(C)c1O)CCC(C)(COc1ccc(NC(=O)c3cccnc3)c(OC3CCCC3)n1)O2. The molecule has 5 rings (SSSR count). The van der Waals surface area contributed by atoms with Gasteiger partial charge < -0.3 is 24.6 Å². The molecule has 2 aliphatic rings. The summed E-state index contributed by atoms with van der Waals surface area (Å²) in [5.41, 5.74) is 4.12. The van der Waals surface area contributed by atoms with E-state index in [2.05, 4.69) is 15.3 Å². The van der Waals surface area contributed by atoms with Gasteiger partial charge in [-0.1, -0.05) is 0 Å². The molecule has 1 aromatic carbocycles. The molecule has 200 valence electrons. The first-order valence-electron chi connectivity index (χ1n) is 13.3. The van der Waals surface area contributed by atoms with Gasteiger partial charge in [0.15, 0.2) is 0 Å². The molecule has 1 saturated carbocycles. The number of aromatic hydroxyl groups is 1. The van der Waals surface area contributed by atoms with Gasteiger partial charge in [0, 0.05) is 24.0 Å². The van der Waals surface area contributed by atoms with Gasteiger partial charge in [0.25, 0.3) is 5.91 Å². The van der Waals surface area contributed by atoms with Crippen LogP contribution >= 0.6 is 0 Å². The highest BCUT2D eigenvalue weighted by Crippen LogP contribution is 2.43. The van der Waals surface area contributed by atoms with E-state index in [0.29, 0.717) is 35.4 Å². The Morgan fingerprint density at radius 1 is 1.16 bits per heavy atom. The largest absolute Gasteiger partial charge is 0.507 e. The number of nitrogens with zero attached hydrogens (tertiary/aromatic N) is 2. The quantitative estimate of drug-likeness (QED) is 0.406. The van der Waals surface area contributed by atoms with Crippen LogP contribution in [0.3, 0.4) is 0 Å². The Morgan fingerprint density at radius 3 is 2.68 bits per heavy atom. The van der Waals surface area contributed by atoms with Crippen LogP contribution in [0.4, 0.5) is 5.69 Å². The summed E-state index contributed by atoms with van der Waals surface area (Å²) in [5.74, 6) is 1.66. The van der Waals surface area contributed by atoms with Gasteiger partial charge in [-0.2, -0.15) is 4.98 Å². The predicted octanol–water partition coefficient (Wildman–Crippen LogP) is 5.84. The molecule has 1 unspecified atom stereocenters. The molecule has 3 heterocycles. The lowest BCUT2D eigenvalue weighted by atomic mass is 9.87. The number of hydrogen-bond acceptors (Lipinski definition) is 7. The maximum Gasteiger partial charge on any atom is 0.257 e. The highest BCUT2D eigenvalue weighted by molar-refractivity contribution is 6.04. The van der Waals surface area contributed by atoms with Gasteiger partial charge in [0.05, 0.1) is 5.56 Å². The lowest BCUT2D eigenvalue weighted by Gasteiger charge is -2.37. The number of pyridine rings is 2. The van der Waals surface area contributed by atoms with Gasteiger partial charge in [0.1, 0.15) is 35.5 Å². The second kappa shape index (κ2) is 10.5. The zero-order valence-corrected chi connectivity index (χ0v) is 22.5. The molecule has 0 bridgehead atoms. The lowest BCUT2D eigenvalue weighted by molar-refractivity contribution is 0.0149. The molecule has 1 atom stereocenters. The van der Waals surface area contributed by atoms with E-state index in [9.17, 15) is 9.90 Å². The Hall–Kier alpha value is -3.81. The minimum Gasteiger partial charge on any atom is -0.507 e. The highest BCUT2D eigenvalue weighted by atomic mass is 16.6. The van der Waals surface area contributed by atoms with Crippen molar-refractivity contribution in [2.75, 3.05) is 11.9 Å². The van der Waals surface area contributed by atoms with E-state index in [1.54, 1.807) is 30.5 Å². The van der Waals surface area contributed by atoms with Crippen LogP contribution in [0.15, 0.2) is 36.7 Å². The van der Waals surface area contributed by atoms with Crippen molar-refractivity contribution in [1.82, 2.24) is 9.97 Å². The number of rotatable bonds is 7. The monoisotopic (exact) mass is 517 g/mol. The van der Waals surface area contributed by atoms with Crippen molar-refractivity contribution in [3.05, 3.63) is 64.5 Å². The Labute approximate surface area is 223 Å². The summed E-state index contributed by atoms with van der Waals surface area (Å²) in [6.45, 7) is 8.15. The molecule has 1 fully saturated rings. The number of benzene rings is 1. The van der Waals surface area contributed by atoms with Gasteiger partial charge in [-0.3, -0.25) is 9.78 Å². The third-order valence-corrected chi connectivity index (χ3v) is 7.71. The molecular formula is C30H35N3O5. The number of anilines is 1. The number of fused-ring (bicyclic) bond motifs is 1. The normalized spacial score (nSPS) is 18.9. The van der Waals surface area contributed by atoms with Gasteiger partial charge in [-0.05, 0) is 101 Å². The summed E-state index contributed by atoms with van der Waals surface area (Å²) < 4.78 is 18.9. The van der Waals surface area contributed by atoms with Crippen LogP contribution in [-0.4, -0.2) is 39.3 Å². The second-order valence-corrected chi connectivity index (χ2v) is 10.6. The van der Waals surface area contributed by atoms with Gasteiger partial charge in [0.2, 0.25) is 11.8 Å². The number of nitrogens with one attached hydrogen (secondary N) is 1. The molecule has 38 heavy (non-hydrogen) atoms. The van der Waals surface area contributed by atoms with Crippen molar-refractivity contribution >= 4 is 11.6 Å². The van der Waals surface area contributed by atoms with Crippen molar-refractivity contribution in [1.29, 1.82) is 0 Å². The summed E-state index contributed by atoms with van der Waals surface area (Å²) in [5, 5.41) is 13.4. The molecule has 8 nitrogen and oxygen atoms in total. The third kappa shape index (κ3) is 5.26. The fourth-order valence-corrected chi connectivity index (χ4v) is 5.17. The van der Waals surface area contributed by atoms with Gasteiger partial charge in [-0.25, -0.2) is 0 Å². The van der Waals surface area contributed by atoms with Crippen LogP contribution in [0.25, 0.3) is 0 Å². The first-order chi connectivity index (χ1) is 18.2. The molecule has 0 radical (unpaired) electrons. The number of aromatic nitrogens is 2. The molecule has 1 amide bonds. The number of hydrogen-bond donors (Lipinski definition) is 2. The zero-order valence-electron chi connectivity index (χ0n) is 22.5. The maximum atomic E-state index is 12.8. The van der Waals surface area contributed by atoms with Crippen LogP contribution in [0, 0.1) is 20.8 Å². The number of phenols is 1. The third-order valence-electron chi connectivity index (χ3n) is 7.71. The van der Waals surface area contributed by atoms with E-state index < -0.39 is 5.60 Å². The molecular weight excluding hydrogens is 482 g/mol. The summed E-state index contributed by atoms with van der Waals surface area (Å²) >= 11 is 0. The molecule has 2 N–H and O–H groups in total. The number of carbonyl (C=O) groups excluding carboxylic acids is 1. The second-order valence-electron chi connectivity index (χ2n) is 10.6. The molecule has 1 aliphatic carbocycles. The smallest absolute Gasteiger partial charge is 0.257 e. The molecule has 8 heteroatoms. The number of ether oxygens (including phenoxy) is 3.